The fraction of sp³-hybridized carbons (Fsp3) is 0.500. The highest BCUT2D eigenvalue weighted by Gasteiger charge is 2.34. The number of hydrogen-bond acceptors (Lipinski definition) is 3. The van der Waals surface area contributed by atoms with E-state index in [4.69, 9.17) is 5.11 Å². The van der Waals surface area contributed by atoms with Gasteiger partial charge in [0.1, 0.15) is 10.7 Å². The number of nitrogens with zero attached hydrogens (tertiary/aromatic N) is 1. The first-order valence-electron chi connectivity index (χ1n) is 6.92. The van der Waals surface area contributed by atoms with Gasteiger partial charge in [-0.25, -0.2) is 17.6 Å². The van der Waals surface area contributed by atoms with Crippen molar-refractivity contribution in [3.8, 4) is 0 Å². The molecule has 1 aliphatic rings. The molecule has 0 spiro atoms. The summed E-state index contributed by atoms with van der Waals surface area (Å²) in [5.41, 5.74) is -0.236. The fourth-order valence-corrected chi connectivity index (χ4v) is 4.52. The Hall–Kier alpha value is -1.47. The summed E-state index contributed by atoms with van der Waals surface area (Å²) >= 11 is 0. The Kier molecular flexibility index (Phi) is 4.63. The van der Waals surface area contributed by atoms with Crippen LogP contribution in [-0.4, -0.2) is 36.4 Å². The number of carboxylic acids is 1. The summed E-state index contributed by atoms with van der Waals surface area (Å²) in [4.78, 5) is 10.4. The average molecular weight is 315 g/mol. The molecule has 0 bridgehead atoms. The highest BCUT2D eigenvalue weighted by atomic mass is 32.2. The van der Waals surface area contributed by atoms with E-state index in [9.17, 15) is 17.6 Å². The normalized spacial score (nSPS) is 20.4. The molecule has 1 atom stereocenters. The number of piperidine rings is 1. The van der Waals surface area contributed by atoms with Crippen molar-refractivity contribution in [1.29, 1.82) is 0 Å². The minimum Gasteiger partial charge on any atom is -0.478 e. The van der Waals surface area contributed by atoms with Gasteiger partial charge in [0.25, 0.3) is 0 Å². The van der Waals surface area contributed by atoms with Gasteiger partial charge in [-0.2, -0.15) is 4.31 Å². The van der Waals surface area contributed by atoms with Crippen molar-refractivity contribution in [1.82, 2.24) is 4.31 Å². The third kappa shape index (κ3) is 3.08. The Bertz CT molecular complexity index is 644. The molecule has 5 nitrogen and oxygen atoms in total. The summed E-state index contributed by atoms with van der Waals surface area (Å²) in [7, 11) is -4.01. The van der Waals surface area contributed by atoms with Gasteiger partial charge in [-0.15, -0.1) is 0 Å². The molecule has 1 N–H and O–H groups in total. The van der Waals surface area contributed by atoms with Crippen LogP contribution in [0.3, 0.4) is 0 Å². The first kappa shape index (κ1) is 15.9. The van der Waals surface area contributed by atoms with Crippen LogP contribution in [0.2, 0.25) is 0 Å². The number of rotatable bonds is 4. The minimum absolute atomic E-state index is 0.156. The maximum atomic E-state index is 13.9. The van der Waals surface area contributed by atoms with E-state index < -0.39 is 26.7 Å². The molecule has 0 aliphatic carbocycles. The van der Waals surface area contributed by atoms with Crippen molar-refractivity contribution >= 4 is 16.0 Å². The summed E-state index contributed by atoms with van der Waals surface area (Å²) in [6, 6.07) is 2.69. The summed E-state index contributed by atoms with van der Waals surface area (Å²) in [5.74, 6) is -2.20. The highest BCUT2D eigenvalue weighted by molar-refractivity contribution is 7.89. The van der Waals surface area contributed by atoms with E-state index in [1.165, 1.54) is 4.31 Å². The lowest BCUT2D eigenvalue weighted by Crippen LogP contribution is -2.43. The summed E-state index contributed by atoms with van der Waals surface area (Å²) in [5, 5.41) is 8.94. The van der Waals surface area contributed by atoms with Crippen LogP contribution in [0.25, 0.3) is 0 Å². The number of carboxylic acid groups (broad SMARTS) is 1. The molecule has 0 saturated carbocycles. The molecule has 1 aliphatic heterocycles. The van der Waals surface area contributed by atoms with E-state index in [0.717, 1.165) is 37.5 Å². The molecule has 1 aromatic rings. The first-order chi connectivity index (χ1) is 9.87. The molecule has 0 aromatic heterocycles. The van der Waals surface area contributed by atoms with Gasteiger partial charge in [0.05, 0.1) is 5.56 Å². The van der Waals surface area contributed by atoms with E-state index in [1.54, 1.807) is 0 Å². The van der Waals surface area contributed by atoms with E-state index in [0.29, 0.717) is 13.0 Å². The zero-order valence-electron chi connectivity index (χ0n) is 11.8. The van der Waals surface area contributed by atoms with Crippen LogP contribution in [-0.2, 0) is 10.0 Å². The smallest absolute Gasteiger partial charge is 0.335 e. The molecule has 0 radical (unpaired) electrons. The standard InChI is InChI=1S/C14H18FNO4S/c1-2-11-5-3-4-8-16(11)21(19,20)13-9-10(14(17)18)6-7-12(13)15/h6-7,9,11H,2-5,8H2,1H3,(H,17,18). The molecule has 2 rings (SSSR count). The van der Waals surface area contributed by atoms with Gasteiger partial charge in [-0.1, -0.05) is 13.3 Å². The van der Waals surface area contributed by atoms with Gasteiger partial charge < -0.3 is 5.11 Å². The minimum atomic E-state index is -4.01. The van der Waals surface area contributed by atoms with Crippen LogP contribution in [0.4, 0.5) is 4.39 Å². The van der Waals surface area contributed by atoms with Gasteiger partial charge in [0, 0.05) is 12.6 Å². The second-order valence-corrected chi connectivity index (χ2v) is 6.98. The second kappa shape index (κ2) is 6.11. The number of carbonyl (C=O) groups is 1. The molecular weight excluding hydrogens is 297 g/mol. The molecule has 21 heavy (non-hydrogen) atoms. The van der Waals surface area contributed by atoms with Gasteiger partial charge in [0.15, 0.2) is 0 Å². The SMILES string of the molecule is CCC1CCCCN1S(=O)(=O)c1cc(C(=O)O)ccc1F. The van der Waals surface area contributed by atoms with E-state index >= 15 is 0 Å². The molecule has 1 saturated heterocycles. The molecule has 7 heteroatoms. The molecule has 116 valence electrons. The molecular formula is C14H18FNO4S. The van der Waals surface area contributed by atoms with Gasteiger partial charge in [-0.3, -0.25) is 0 Å². The second-order valence-electron chi connectivity index (χ2n) is 5.12. The van der Waals surface area contributed by atoms with Gasteiger partial charge in [-0.05, 0) is 37.5 Å². The van der Waals surface area contributed by atoms with Crippen molar-refractivity contribution in [2.24, 2.45) is 0 Å². The van der Waals surface area contributed by atoms with E-state index in [1.807, 2.05) is 6.92 Å². The van der Waals surface area contributed by atoms with Crippen molar-refractivity contribution in [2.75, 3.05) is 6.54 Å². The Morgan fingerprint density at radius 2 is 2.14 bits per heavy atom. The molecule has 0 amide bonds. The van der Waals surface area contributed by atoms with Crippen molar-refractivity contribution in [3.63, 3.8) is 0 Å². The van der Waals surface area contributed by atoms with Crippen molar-refractivity contribution in [2.45, 2.75) is 43.5 Å². The van der Waals surface area contributed by atoms with Crippen LogP contribution in [0.1, 0.15) is 43.0 Å². The van der Waals surface area contributed by atoms with Crippen LogP contribution >= 0.6 is 0 Å². The summed E-state index contributed by atoms with van der Waals surface area (Å²) in [6.45, 7) is 2.24. The topological polar surface area (TPSA) is 74.7 Å². The lowest BCUT2D eigenvalue weighted by Gasteiger charge is -2.34. The molecule has 1 heterocycles. The first-order valence-corrected chi connectivity index (χ1v) is 8.36. The molecule has 1 unspecified atom stereocenters. The lowest BCUT2D eigenvalue weighted by atomic mass is 10.0. The molecule has 1 aromatic carbocycles. The predicted octanol–water partition coefficient (Wildman–Crippen LogP) is 2.48. The van der Waals surface area contributed by atoms with Crippen LogP contribution in [0.5, 0.6) is 0 Å². The number of halogens is 1. The molecule has 1 fully saturated rings. The van der Waals surface area contributed by atoms with Crippen molar-refractivity contribution in [3.05, 3.63) is 29.6 Å². The Morgan fingerprint density at radius 1 is 1.43 bits per heavy atom. The Balaban J connectivity index is 2.47. The average Bonchev–Trinajstić information content (AvgIpc) is 2.47. The number of sulfonamides is 1. The zero-order valence-corrected chi connectivity index (χ0v) is 12.6. The zero-order chi connectivity index (χ0) is 15.6. The number of aromatic carboxylic acids is 1. The van der Waals surface area contributed by atoms with Crippen LogP contribution in [0.15, 0.2) is 23.1 Å². The Morgan fingerprint density at radius 3 is 2.76 bits per heavy atom. The Labute approximate surface area is 123 Å². The van der Waals surface area contributed by atoms with E-state index in [2.05, 4.69) is 0 Å². The maximum Gasteiger partial charge on any atom is 0.335 e. The van der Waals surface area contributed by atoms with Gasteiger partial charge >= 0.3 is 5.97 Å². The predicted molar refractivity (Wildman–Crippen MR) is 75.2 cm³/mol. The quantitative estimate of drug-likeness (QED) is 0.926. The fourth-order valence-electron chi connectivity index (χ4n) is 2.66. The summed E-state index contributed by atoms with van der Waals surface area (Å²) in [6.07, 6.45) is 3.08. The van der Waals surface area contributed by atoms with Crippen molar-refractivity contribution < 1.29 is 22.7 Å². The largest absolute Gasteiger partial charge is 0.478 e. The van der Waals surface area contributed by atoms with E-state index in [-0.39, 0.29) is 11.6 Å². The van der Waals surface area contributed by atoms with Crippen LogP contribution < -0.4 is 0 Å². The highest BCUT2D eigenvalue weighted by Crippen LogP contribution is 2.28. The lowest BCUT2D eigenvalue weighted by molar-refractivity contribution is 0.0696. The van der Waals surface area contributed by atoms with Crippen LogP contribution in [0, 0.1) is 5.82 Å². The third-order valence-corrected chi connectivity index (χ3v) is 5.78. The maximum absolute atomic E-state index is 13.9. The van der Waals surface area contributed by atoms with Gasteiger partial charge in [0.2, 0.25) is 10.0 Å². The number of hydrogen-bond donors (Lipinski definition) is 1. The third-order valence-electron chi connectivity index (χ3n) is 3.81. The number of benzene rings is 1. The monoisotopic (exact) mass is 315 g/mol. The summed E-state index contributed by atoms with van der Waals surface area (Å²) < 4.78 is 40.5.